The first-order valence-electron chi connectivity index (χ1n) is 2.81. The Balaban J connectivity index is -0.0000000360. The van der Waals surface area contributed by atoms with Crippen molar-refractivity contribution in [2.75, 3.05) is 0 Å². The molecule has 0 aromatic heterocycles. The molecule has 0 N–H and O–H groups in total. The third kappa shape index (κ3) is 649. The van der Waals surface area contributed by atoms with Gasteiger partial charge >= 0.3 is 6.15 Å². The summed E-state index contributed by atoms with van der Waals surface area (Å²) in [5.41, 5.74) is 0. The summed E-state index contributed by atoms with van der Waals surface area (Å²) in [5, 5.41) is 0. The van der Waals surface area contributed by atoms with Gasteiger partial charge in [0.15, 0.2) is 5.78 Å². The summed E-state index contributed by atoms with van der Waals surface area (Å²) in [4.78, 5) is 25.9. The molecule has 0 heterocycles. The molecule has 0 fully saturated rings. The Labute approximate surface area is 68.1 Å². The van der Waals surface area contributed by atoms with E-state index in [1.807, 2.05) is 13.8 Å². The van der Waals surface area contributed by atoms with Gasteiger partial charge in [-0.15, -0.1) is 0 Å². The van der Waals surface area contributed by atoms with Crippen LogP contribution in [-0.2, 0) is 14.4 Å². The molecule has 0 saturated carbocycles. The number of carbonyl (C=O) groups excluding carboxylic acids is 3. The Hall–Kier alpha value is -1.21. The van der Waals surface area contributed by atoms with Crippen LogP contribution in [0.1, 0.15) is 28.2 Å². The van der Waals surface area contributed by atoms with Crippen LogP contribution in [0.15, 0.2) is 12.7 Å². The Bertz CT molecular complexity index is 111. The lowest BCUT2D eigenvalue weighted by Gasteiger charge is -1.62. The van der Waals surface area contributed by atoms with Crippen molar-refractivity contribution >= 4 is 11.9 Å². The third-order valence-corrected chi connectivity index (χ3v) is 0.287. The highest BCUT2D eigenvalue weighted by Gasteiger charge is 1.69. The molecule has 0 saturated heterocycles. The second-order valence-electron chi connectivity index (χ2n) is 0.898. The van der Waals surface area contributed by atoms with Gasteiger partial charge in [0.2, 0.25) is 0 Å². The number of rotatable bonds is 1. The van der Waals surface area contributed by atoms with Crippen LogP contribution in [0, 0.1) is 0 Å². The summed E-state index contributed by atoms with van der Waals surface area (Å²) in [6.45, 7) is 8.68. The second-order valence-corrected chi connectivity index (χ2v) is 0.898. The minimum Gasteiger partial charge on any atom is -0.295 e. The van der Waals surface area contributed by atoms with Gasteiger partial charge in [0.25, 0.3) is 0 Å². The molecule has 0 atom stereocenters. The first kappa shape index (κ1) is 22.6. The maximum Gasteiger partial charge on any atom is 0.373 e. The Morgan fingerprint density at radius 1 is 1.36 bits per heavy atom. The van der Waals surface area contributed by atoms with Crippen LogP contribution < -0.4 is 0 Å². The van der Waals surface area contributed by atoms with Gasteiger partial charge in [-0.2, -0.15) is 9.59 Å². The molecule has 0 radical (unpaired) electrons. The fraction of sp³-hybridized carbons (Fsp3) is 0.500. The van der Waals surface area contributed by atoms with Crippen LogP contribution in [0.3, 0.4) is 0 Å². The van der Waals surface area contributed by atoms with Gasteiger partial charge in [0.05, 0.1) is 0 Å². The number of hydrogen-bond donors (Lipinski definition) is 0. The van der Waals surface area contributed by atoms with Crippen LogP contribution >= 0.6 is 0 Å². The van der Waals surface area contributed by atoms with E-state index in [0.717, 1.165) is 0 Å². The fourth-order valence-electron chi connectivity index (χ4n) is 0. The molecule has 0 amide bonds. The van der Waals surface area contributed by atoms with Crippen molar-refractivity contribution in [1.82, 2.24) is 0 Å². The zero-order chi connectivity index (χ0) is 8.99. The lowest BCUT2D eigenvalue weighted by molar-refractivity contribution is -0.191. The lowest BCUT2D eigenvalue weighted by atomic mass is 10.5. The van der Waals surface area contributed by atoms with E-state index in [4.69, 9.17) is 9.59 Å². The van der Waals surface area contributed by atoms with E-state index >= 15 is 0 Å². The molecule has 0 aliphatic rings. The molecule has 0 aliphatic heterocycles. The van der Waals surface area contributed by atoms with Crippen molar-refractivity contribution in [2.24, 2.45) is 0 Å². The average Bonchev–Trinajstić information content (AvgIpc) is 1.94. The molecule has 0 rings (SSSR count). The first-order chi connectivity index (χ1) is 4.68. The van der Waals surface area contributed by atoms with Gasteiger partial charge in [0, 0.05) is 0 Å². The molecule has 0 spiro atoms. The highest BCUT2D eigenvalue weighted by Crippen LogP contribution is 1.60. The molecular weight excluding hydrogens is 144 g/mol. The van der Waals surface area contributed by atoms with Gasteiger partial charge in [-0.25, -0.2) is 0 Å². The van der Waals surface area contributed by atoms with Crippen molar-refractivity contribution in [3.8, 4) is 0 Å². The molecule has 0 bridgehead atoms. The highest BCUT2D eigenvalue weighted by atomic mass is 16.2. The molecule has 0 aromatic rings. The number of allylic oxidation sites excluding steroid dienone is 1. The summed E-state index contributed by atoms with van der Waals surface area (Å²) in [7, 11) is 0. The molecular formula is C8H16O3. The van der Waals surface area contributed by atoms with Crippen LogP contribution in [-0.4, -0.2) is 11.9 Å². The number of ketones is 1. The SMILES string of the molecule is C.C=CC(C)=O.CC.O=C=O. The van der Waals surface area contributed by atoms with Crippen LogP contribution in [0.25, 0.3) is 0 Å². The first-order valence-corrected chi connectivity index (χ1v) is 2.81. The summed E-state index contributed by atoms with van der Waals surface area (Å²) >= 11 is 0. The van der Waals surface area contributed by atoms with E-state index in [1.165, 1.54) is 13.0 Å². The van der Waals surface area contributed by atoms with Crippen molar-refractivity contribution in [3.05, 3.63) is 12.7 Å². The van der Waals surface area contributed by atoms with Gasteiger partial charge < -0.3 is 0 Å². The monoisotopic (exact) mass is 160 g/mol. The Morgan fingerprint density at radius 2 is 1.45 bits per heavy atom. The van der Waals surface area contributed by atoms with Crippen molar-refractivity contribution in [3.63, 3.8) is 0 Å². The maximum absolute atomic E-state index is 9.69. The van der Waals surface area contributed by atoms with Gasteiger partial charge in [0.1, 0.15) is 0 Å². The highest BCUT2D eigenvalue weighted by molar-refractivity contribution is 5.86. The standard InChI is InChI=1S/C4H6O.C2H6.CO2.CH4/c1-3-4(2)5;1-2;2-1-3;/h3H,1H2,2H3;1-2H3;;1H4. The molecule has 3 nitrogen and oxygen atoms in total. The normalized spacial score (nSPS) is 4.27. The predicted molar refractivity (Wildman–Crippen MR) is 44.0 cm³/mol. The molecule has 11 heavy (non-hydrogen) atoms. The van der Waals surface area contributed by atoms with Crippen LogP contribution in [0.4, 0.5) is 0 Å². The molecule has 0 unspecified atom stereocenters. The zero-order valence-electron chi connectivity index (χ0n) is 6.51. The van der Waals surface area contributed by atoms with E-state index in [1.54, 1.807) is 0 Å². The molecule has 0 aromatic carbocycles. The quantitative estimate of drug-likeness (QED) is 0.550. The average molecular weight is 160 g/mol. The van der Waals surface area contributed by atoms with Crippen molar-refractivity contribution < 1.29 is 14.4 Å². The summed E-state index contributed by atoms with van der Waals surface area (Å²) in [5.74, 6) is 0.0185. The van der Waals surface area contributed by atoms with E-state index in [-0.39, 0.29) is 19.4 Å². The van der Waals surface area contributed by atoms with Crippen LogP contribution in [0.5, 0.6) is 0 Å². The van der Waals surface area contributed by atoms with Crippen LogP contribution in [0.2, 0.25) is 0 Å². The minimum atomic E-state index is 0. The smallest absolute Gasteiger partial charge is 0.295 e. The number of carbonyl (C=O) groups is 1. The fourth-order valence-corrected chi connectivity index (χ4v) is 0. The maximum atomic E-state index is 9.69. The van der Waals surface area contributed by atoms with E-state index in [2.05, 4.69) is 6.58 Å². The molecule has 66 valence electrons. The molecule has 3 heteroatoms. The Kier molecular flexibility index (Phi) is 76.2. The van der Waals surface area contributed by atoms with Gasteiger partial charge in [-0.3, -0.25) is 4.79 Å². The second kappa shape index (κ2) is 37.1. The minimum absolute atomic E-state index is 0. The van der Waals surface area contributed by atoms with Gasteiger partial charge in [-0.05, 0) is 13.0 Å². The summed E-state index contributed by atoms with van der Waals surface area (Å²) in [6, 6.07) is 0. The topological polar surface area (TPSA) is 51.2 Å². The third-order valence-electron chi connectivity index (χ3n) is 0.287. The largest absolute Gasteiger partial charge is 0.373 e. The Morgan fingerprint density at radius 3 is 1.45 bits per heavy atom. The van der Waals surface area contributed by atoms with Gasteiger partial charge in [-0.1, -0.05) is 27.9 Å². The van der Waals surface area contributed by atoms with Crippen molar-refractivity contribution in [1.29, 1.82) is 0 Å². The number of hydrogen-bond acceptors (Lipinski definition) is 3. The van der Waals surface area contributed by atoms with E-state index < -0.39 is 0 Å². The summed E-state index contributed by atoms with van der Waals surface area (Å²) in [6.07, 6.45) is 1.53. The summed E-state index contributed by atoms with van der Waals surface area (Å²) < 4.78 is 0. The lowest BCUT2D eigenvalue weighted by Crippen LogP contribution is -1.74. The predicted octanol–water partition coefficient (Wildman–Crippen LogP) is 1.84. The zero-order valence-corrected chi connectivity index (χ0v) is 6.51. The van der Waals surface area contributed by atoms with E-state index in [9.17, 15) is 4.79 Å². The van der Waals surface area contributed by atoms with Crippen molar-refractivity contribution in [2.45, 2.75) is 28.2 Å². The molecule has 0 aliphatic carbocycles. The van der Waals surface area contributed by atoms with E-state index in [0.29, 0.717) is 0 Å².